The summed E-state index contributed by atoms with van der Waals surface area (Å²) in [6.45, 7) is 2.90. The average molecular weight is 360 g/mol. The van der Waals surface area contributed by atoms with E-state index in [4.69, 9.17) is 13.9 Å². The Morgan fingerprint density at radius 1 is 1.08 bits per heavy atom. The Labute approximate surface area is 150 Å². The quantitative estimate of drug-likeness (QED) is 0.731. The Morgan fingerprint density at radius 2 is 1.77 bits per heavy atom. The first-order chi connectivity index (χ1) is 12.4. The van der Waals surface area contributed by atoms with Crippen molar-refractivity contribution < 1.29 is 28.3 Å². The van der Waals surface area contributed by atoms with Crippen molar-refractivity contribution in [2.45, 2.75) is 26.0 Å². The van der Waals surface area contributed by atoms with Gasteiger partial charge in [-0.1, -0.05) is 0 Å². The Balaban J connectivity index is 1.84. The molecule has 0 spiro atoms. The normalized spacial score (nSPS) is 12.6. The maximum absolute atomic E-state index is 12.1. The summed E-state index contributed by atoms with van der Waals surface area (Å²) in [5.74, 6) is -1.04. The van der Waals surface area contributed by atoms with E-state index >= 15 is 0 Å². The fraction of sp³-hybridized carbons (Fsp3) is 0.278. The molecule has 0 unspecified atom stereocenters. The summed E-state index contributed by atoms with van der Waals surface area (Å²) in [6.07, 6.45) is 0.316. The van der Waals surface area contributed by atoms with Crippen molar-refractivity contribution in [3.63, 3.8) is 0 Å². The maximum atomic E-state index is 12.1. The highest BCUT2D eigenvalue weighted by Crippen LogP contribution is 2.15. The summed E-state index contributed by atoms with van der Waals surface area (Å²) < 4.78 is 15.1. The van der Waals surface area contributed by atoms with Crippen LogP contribution in [0.3, 0.4) is 0 Å². The largest absolute Gasteiger partial charge is 0.497 e. The Kier molecular flexibility index (Phi) is 6.37. The standard InChI is InChI=1S/C18H20N2O6/c1-11(19-17(22)15-5-4-10-25-15)18(23)26-12(2)16(21)20-13-6-8-14(24-3)9-7-13/h4-12H,1-3H3,(H,19,22)(H,20,21)/t11-,12-/m0/s1. The average Bonchev–Trinajstić information content (AvgIpc) is 3.17. The zero-order chi connectivity index (χ0) is 19.1. The van der Waals surface area contributed by atoms with Crippen LogP contribution in [0.5, 0.6) is 5.75 Å². The molecule has 1 aromatic heterocycles. The van der Waals surface area contributed by atoms with Crippen molar-refractivity contribution in [1.29, 1.82) is 0 Å². The van der Waals surface area contributed by atoms with Crippen LogP contribution in [0.1, 0.15) is 24.4 Å². The van der Waals surface area contributed by atoms with Gasteiger partial charge in [0.2, 0.25) is 0 Å². The van der Waals surface area contributed by atoms with E-state index < -0.39 is 29.9 Å². The van der Waals surface area contributed by atoms with Gasteiger partial charge in [0.1, 0.15) is 11.8 Å². The summed E-state index contributed by atoms with van der Waals surface area (Å²) in [5.41, 5.74) is 0.540. The topological polar surface area (TPSA) is 107 Å². The van der Waals surface area contributed by atoms with Gasteiger partial charge in [0.05, 0.1) is 13.4 Å². The number of carbonyl (C=O) groups excluding carboxylic acids is 3. The van der Waals surface area contributed by atoms with E-state index in [2.05, 4.69) is 10.6 Å². The first-order valence-corrected chi connectivity index (χ1v) is 7.90. The zero-order valence-electron chi connectivity index (χ0n) is 14.6. The van der Waals surface area contributed by atoms with Crippen LogP contribution < -0.4 is 15.4 Å². The van der Waals surface area contributed by atoms with Gasteiger partial charge in [-0.05, 0) is 50.2 Å². The van der Waals surface area contributed by atoms with Gasteiger partial charge in [-0.2, -0.15) is 0 Å². The van der Waals surface area contributed by atoms with Gasteiger partial charge in [-0.3, -0.25) is 9.59 Å². The minimum atomic E-state index is -1.03. The molecular formula is C18H20N2O6. The van der Waals surface area contributed by atoms with Crippen LogP contribution in [0.2, 0.25) is 0 Å². The lowest BCUT2D eigenvalue weighted by Crippen LogP contribution is -2.42. The number of ether oxygens (including phenoxy) is 2. The smallest absolute Gasteiger partial charge is 0.329 e. The number of rotatable bonds is 7. The van der Waals surface area contributed by atoms with Crippen LogP contribution in [0.15, 0.2) is 47.1 Å². The van der Waals surface area contributed by atoms with Crippen molar-refractivity contribution in [1.82, 2.24) is 5.32 Å². The predicted molar refractivity (Wildman–Crippen MR) is 92.8 cm³/mol. The van der Waals surface area contributed by atoms with Gasteiger partial charge >= 0.3 is 5.97 Å². The van der Waals surface area contributed by atoms with Crippen LogP contribution in [0, 0.1) is 0 Å². The van der Waals surface area contributed by atoms with Crippen LogP contribution >= 0.6 is 0 Å². The number of methoxy groups -OCH3 is 1. The van der Waals surface area contributed by atoms with E-state index in [1.807, 2.05) is 0 Å². The van der Waals surface area contributed by atoms with Crippen molar-refractivity contribution in [2.75, 3.05) is 12.4 Å². The molecule has 2 N–H and O–H groups in total. The monoisotopic (exact) mass is 360 g/mol. The summed E-state index contributed by atoms with van der Waals surface area (Å²) in [4.78, 5) is 36.0. The Hall–Kier alpha value is -3.29. The Bertz CT molecular complexity index is 754. The molecule has 0 saturated heterocycles. The summed E-state index contributed by atoms with van der Waals surface area (Å²) in [5, 5.41) is 5.06. The second kappa shape index (κ2) is 8.70. The molecule has 26 heavy (non-hydrogen) atoms. The van der Waals surface area contributed by atoms with Crippen LogP contribution in [0.4, 0.5) is 5.69 Å². The molecule has 0 fully saturated rings. The van der Waals surface area contributed by atoms with Crippen molar-refractivity contribution in [3.8, 4) is 5.75 Å². The van der Waals surface area contributed by atoms with Gasteiger partial charge in [0.15, 0.2) is 11.9 Å². The van der Waals surface area contributed by atoms with Crippen LogP contribution in [-0.4, -0.2) is 37.0 Å². The molecule has 1 aromatic carbocycles. The minimum absolute atomic E-state index is 0.0787. The zero-order valence-corrected chi connectivity index (χ0v) is 14.6. The third-order valence-electron chi connectivity index (χ3n) is 3.47. The van der Waals surface area contributed by atoms with E-state index in [1.54, 1.807) is 37.4 Å². The summed E-state index contributed by atoms with van der Waals surface area (Å²) in [6, 6.07) is 8.80. The molecule has 138 valence electrons. The maximum Gasteiger partial charge on any atom is 0.329 e. The first kappa shape index (κ1) is 19.0. The number of carbonyl (C=O) groups is 3. The van der Waals surface area contributed by atoms with Crippen molar-refractivity contribution in [3.05, 3.63) is 48.4 Å². The first-order valence-electron chi connectivity index (χ1n) is 7.90. The Morgan fingerprint density at radius 3 is 2.35 bits per heavy atom. The lowest BCUT2D eigenvalue weighted by molar-refractivity contribution is -0.154. The molecule has 2 aromatic rings. The van der Waals surface area contributed by atoms with E-state index in [1.165, 1.54) is 26.2 Å². The molecule has 8 heteroatoms. The molecule has 0 aliphatic heterocycles. The highest BCUT2D eigenvalue weighted by atomic mass is 16.5. The molecule has 0 radical (unpaired) electrons. The second-order valence-corrected chi connectivity index (χ2v) is 5.47. The van der Waals surface area contributed by atoms with Gasteiger partial charge in [0, 0.05) is 5.69 Å². The van der Waals surface area contributed by atoms with Crippen molar-refractivity contribution in [2.24, 2.45) is 0 Å². The number of hydrogen-bond acceptors (Lipinski definition) is 6. The molecule has 0 bridgehead atoms. The number of furan rings is 1. The van der Waals surface area contributed by atoms with E-state index in [0.29, 0.717) is 11.4 Å². The predicted octanol–water partition coefficient (Wildman–Crippen LogP) is 1.98. The third-order valence-corrected chi connectivity index (χ3v) is 3.47. The SMILES string of the molecule is COc1ccc(NC(=O)[C@H](C)OC(=O)[C@H](C)NC(=O)c2ccco2)cc1. The number of anilines is 1. The number of amides is 2. The molecular weight excluding hydrogens is 340 g/mol. The molecule has 0 aliphatic rings. The van der Waals surface area contributed by atoms with E-state index in [-0.39, 0.29) is 5.76 Å². The van der Waals surface area contributed by atoms with Crippen LogP contribution in [0.25, 0.3) is 0 Å². The van der Waals surface area contributed by atoms with Crippen molar-refractivity contribution >= 4 is 23.5 Å². The molecule has 0 saturated carbocycles. The number of hydrogen-bond donors (Lipinski definition) is 2. The number of esters is 1. The highest BCUT2D eigenvalue weighted by Gasteiger charge is 2.24. The second-order valence-electron chi connectivity index (χ2n) is 5.47. The molecule has 0 aliphatic carbocycles. The minimum Gasteiger partial charge on any atom is -0.497 e. The molecule has 1 heterocycles. The fourth-order valence-electron chi connectivity index (χ4n) is 1.98. The number of benzene rings is 1. The van der Waals surface area contributed by atoms with Gasteiger partial charge in [-0.15, -0.1) is 0 Å². The summed E-state index contributed by atoms with van der Waals surface area (Å²) in [7, 11) is 1.54. The lowest BCUT2D eigenvalue weighted by Gasteiger charge is -2.17. The van der Waals surface area contributed by atoms with Crippen LogP contribution in [-0.2, 0) is 14.3 Å². The lowest BCUT2D eigenvalue weighted by atomic mass is 10.2. The van der Waals surface area contributed by atoms with Gasteiger partial charge in [0.25, 0.3) is 11.8 Å². The fourth-order valence-corrected chi connectivity index (χ4v) is 1.98. The number of nitrogens with one attached hydrogen (secondary N) is 2. The molecule has 2 atom stereocenters. The highest BCUT2D eigenvalue weighted by molar-refractivity contribution is 5.97. The third kappa shape index (κ3) is 5.10. The van der Waals surface area contributed by atoms with E-state index in [0.717, 1.165) is 0 Å². The molecule has 8 nitrogen and oxygen atoms in total. The van der Waals surface area contributed by atoms with Gasteiger partial charge in [-0.25, -0.2) is 4.79 Å². The molecule has 2 rings (SSSR count). The molecule has 2 amide bonds. The van der Waals surface area contributed by atoms with E-state index in [9.17, 15) is 14.4 Å². The van der Waals surface area contributed by atoms with Gasteiger partial charge < -0.3 is 24.5 Å². The summed E-state index contributed by atoms with van der Waals surface area (Å²) >= 11 is 0.